The molecule has 20 heavy (non-hydrogen) atoms. The fraction of sp³-hybridized carbons (Fsp3) is 0.562. The average molecular weight is 278 g/mol. The fourth-order valence-electron chi connectivity index (χ4n) is 2.07. The highest BCUT2D eigenvalue weighted by molar-refractivity contribution is 6.01. The van der Waals surface area contributed by atoms with Crippen LogP contribution in [0.15, 0.2) is 18.2 Å². The van der Waals surface area contributed by atoms with Gasteiger partial charge >= 0.3 is 0 Å². The normalized spacial score (nSPS) is 12.2. The number of carbonyl (C=O) groups excluding carboxylic acids is 1. The maximum absolute atomic E-state index is 12.4. The molecule has 0 aliphatic heterocycles. The van der Waals surface area contributed by atoms with E-state index in [1.165, 1.54) is 0 Å². The van der Waals surface area contributed by atoms with Crippen LogP contribution in [0.5, 0.6) is 5.75 Å². The predicted octanol–water partition coefficient (Wildman–Crippen LogP) is 3.02. The van der Waals surface area contributed by atoms with Crippen LogP contribution < -0.4 is 15.8 Å². The quantitative estimate of drug-likeness (QED) is 0.414. The Hall–Kier alpha value is -1.55. The average Bonchev–Trinajstić information content (AvgIpc) is 2.45. The summed E-state index contributed by atoms with van der Waals surface area (Å²) in [6.07, 6.45) is 2.97. The molecule has 0 aliphatic rings. The van der Waals surface area contributed by atoms with Crippen LogP contribution in [-0.4, -0.2) is 25.0 Å². The van der Waals surface area contributed by atoms with E-state index in [-0.39, 0.29) is 11.8 Å². The van der Waals surface area contributed by atoms with Crippen molar-refractivity contribution in [2.45, 2.75) is 46.1 Å². The highest BCUT2D eigenvalue weighted by atomic mass is 16.5. The minimum Gasteiger partial charge on any atom is -0.492 e. The van der Waals surface area contributed by atoms with Gasteiger partial charge < -0.3 is 15.8 Å². The third kappa shape index (κ3) is 4.53. The largest absolute Gasteiger partial charge is 0.492 e. The number of hydrogen-bond donors (Lipinski definition) is 2. The Labute approximate surface area is 121 Å². The minimum absolute atomic E-state index is 0.0957. The number of rotatable bonds is 9. The second kappa shape index (κ2) is 8.59. The van der Waals surface area contributed by atoms with Gasteiger partial charge in [-0.1, -0.05) is 20.3 Å². The number of Topliss-reactive ketones (excluding diaryl/α,β-unsaturated/α-hetero) is 1. The standard InChI is InChI=1S/C16H26N2O2/c1-4-7-10-18-14(5-2)16(19)12-8-9-15(20-6-3)13(17)11-12/h8-9,11,14,18H,4-7,10,17H2,1-3H3. The topological polar surface area (TPSA) is 64.3 Å². The first-order chi connectivity index (χ1) is 9.63. The van der Waals surface area contributed by atoms with Gasteiger partial charge in [-0.3, -0.25) is 4.79 Å². The molecule has 0 radical (unpaired) electrons. The lowest BCUT2D eigenvalue weighted by Gasteiger charge is -2.16. The Morgan fingerprint density at radius 3 is 2.65 bits per heavy atom. The number of unbranched alkanes of at least 4 members (excludes halogenated alkanes) is 1. The van der Waals surface area contributed by atoms with Crippen molar-refractivity contribution in [3.63, 3.8) is 0 Å². The summed E-state index contributed by atoms with van der Waals surface area (Å²) < 4.78 is 5.39. The van der Waals surface area contributed by atoms with Crippen LogP contribution >= 0.6 is 0 Å². The Morgan fingerprint density at radius 1 is 1.35 bits per heavy atom. The van der Waals surface area contributed by atoms with Gasteiger partial charge in [0.1, 0.15) is 5.75 Å². The second-order valence-electron chi connectivity index (χ2n) is 4.82. The molecule has 112 valence electrons. The lowest BCUT2D eigenvalue weighted by Crippen LogP contribution is -2.36. The molecule has 1 atom stereocenters. The first kappa shape index (κ1) is 16.5. The molecule has 0 fully saturated rings. The van der Waals surface area contributed by atoms with Gasteiger partial charge in [0, 0.05) is 5.56 Å². The number of ketones is 1. The fourth-order valence-corrected chi connectivity index (χ4v) is 2.07. The molecule has 1 unspecified atom stereocenters. The van der Waals surface area contributed by atoms with Crippen molar-refractivity contribution in [1.82, 2.24) is 5.32 Å². The first-order valence-electron chi connectivity index (χ1n) is 7.43. The smallest absolute Gasteiger partial charge is 0.179 e. The number of nitrogen functional groups attached to an aromatic ring is 1. The number of benzene rings is 1. The van der Waals surface area contributed by atoms with E-state index in [0.717, 1.165) is 25.8 Å². The highest BCUT2D eigenvalue weighted by Crippen LogP contribution is 2.23. The molecule has 0 saturated heterocycles. The third-order valence-electron chi connectivity index (χ3n) is 3.24. The van der Waals surface area contributed by atoms with Crippen molar-refractivity contribution >= 4 is 11.5 Å². The molecule has 0 heterocycles. The van der Waals surface area contributed by atoms with Crippen molar-refractivity contribution in [1.29, 1.82) is 0 Å². The number of anilines is 1. The molecule has 0 spiro atoms. The molecular formula is C16H26N2O2. The van der Waals surface area contributed by atoms with Crippen LogP contribution in [0.25, 0.3) is 0 Å². The molecule has 0 saturated carbocycles. The van der Waals surface area contributed by atoms with E-state index < -0.39 is 0 Å². The Kier molecular flexibility index (Phi) is 7.09. The minimum atomic E-state index is -0.140. The van der Waals surface area contributed by atoms with E-state index in [4.69, 9.17) is 10.5 Å². The lowest BCUT2D eigenvalue weighted by molar-refractivity contribution is 0.0940. The zero-order valence-corrected chi connectivity index (χ0v) is 12.7. The van der Waals surface area contributed by atoms with E-state index >= 15 is 0 Å². The van der Waals surface area contributed by atoms with E-state index in [1.54, 1.807) is 18.2 Å². The molecular weight excluding hydrogens is 252 g/mol. The van der Waals surface area contributed by atoms with Gasteiger partial charge in [0.2, 0.25) is 0 Å². The SMILES string of the molecule is CCCCNC(CC)C(=O)c1ccc(OCC)c(N)c1. The summed E-state index contributed by atoms with van der Waals surface area (Å²) in [4.78, 5) is 12.4. The van der Waals surface area contributed by atoms with Gasteiger partial charge in [-0.15, -0.1) is 0 Å². The predicted molar refractivity (Wildman–Crippen MR) is 83.3 cm³/mol. The Balaban J connectivity index is 2.76. The van der Waals surface area contributed by atoms with Crippen molar-refractivity contribution in [3.05, 3.63) is 23.8 Å². The van der Waals surface area contributed by atoms with Gasteiger partial charge in [-0.05, 0) is 44.5 Å². The molecule has 0 aliphatic carbocycles. The van der Waals surface area contributed by atoms with Crippen LogP contribution in [0.1, 0.15) is 50.4 Å². The van der Waals surface area contributed by atoms with Crippen molar-refractivity contribution < 1.29 is 9.53 Å². The summed E-state index contributed by atoms with van der Waals surface area (Å²) >= 11 is 0. The van der Waals surface area contributed by atoms with E-state index in [9.17, 15) is 4.79 Å². The van der Waals surface area contributed by atoms with E-state index in [1.807, 2.05) is 13.8 Å². The van der Waals surface area contributed by atoms with Gasteiger partial charge in [0.25, 0.3) is 0 Å². The molecule has 0 amide bonds. The summed E-state index contributed by atoms with van der Waals surface area (Å²) in [5, 5.41) is 3.31. The number of nitrogens with two attached hydrogens (primary N) is 1. The second-order valence-corrected chi connectivity index (χ2v) is 4.82. The van der Waals surface area contributed by atoms with Crippen LogP contribution in [-0.2, 0) is 0 Å². The molecule has 0 bridgehead atoms. The molecule has 4 nitrogen and oxygen atoms in total. The van der Waals surface area contributed by atoms with Crippen molar-refractivity contribution in [3.8, 4) is 5.75 Å². The van der Waals surface area contributed by atoms with E-state index in [0.29, 0.717) is 23.6 Å². The monoisotopic (exact) mass is 278 g/mol. The zero-order chi connectivity index (χ0) is 15.0. The number of hydrogen-bond acceptors (Lipinski definition) is 4. The van der Waals surface area contributed by atoms with Crippen LogP contribution in [0, 0.1) is 0 Å². The summed E-state index contributed by atoms with van der Waals surface area (Å²) in [6, 6.07) is 5.12. The maximum atomic E-state index is 12.4. The Bertz CT molecular complexity index is 432. The molecule has 4 heteroatoms. The lowest BCUT2D eigenvalue weighted by atomic mass is 10.0. The van der Waals surface area contributed by atoms with Crippen LogP contribution in [0.4, 0.5) is 5.69 Å². The molecule has 1 aromatic carbocycles. The molecule has 1 aromatic rings. The summed E-state index contributed by atoms with van der Waals surface area (Å²) in [7, 11) is 0. The van der Waals surface area contributed by atoms with Gasteiger partial charge in [0.15, 0.2) is 5.78 Å². The maximum Gasteiger partial charge on any atom is 0.179 e. The molecule has 3 N–H and O–H groups in total. The zero-order valence-electron chi connectivity index (χ0n) is 12.7. The molecule has 1 rings (SSSR count). The number of nitrogens with one attached hydrogen (secondary N) is 1. The van der Waals surface area contributed by atoms with Crippen molar-refractivity contribution in [2.75, 3.05) is 18.9 Å². The Morgan fingerprint density at radius 2 is 2.10 bits per heavy atom. The summed E-state index contributed by atoms with van der Waals surface area (Å²) in [6.45, 7) is 7.49. The first-order valence-corrected chi connectivity index (χ1v) is 7.43. The van der Waals surface area contributed by atoms with Gasteiger partial charge in [-0.2, -0.15) is 0 Å². The highest BCUT2D eigenvalue weighted by Gasteiger charge is 2.18. The number of carbonyl (C=O) groups is 1. The van der Waals surface area contributed by atoms with E-state index in [2.05, 4.69) is 12.2 Å². The van der Waals surface area contributed by atoms with Crippen LogP contribution in [0.3, 0.4) is 0 Å². The third-order valence-corrected chi connectivity index (χ3v) is 3.24. The number of ether oxygens (including phenoxy) is 1. The van der Waals surface area contributed by atoms with Crippen LogP contribution in [0.2, 0.25) is 0 Å². The van der Waals surface area contributed by atoms with Gasteiger partial charge in [-0.25, -0.2) is 0 Å². The molecule has 0 aromatic heterocycles. The van der Waals surface area contributed by atoms with Crippen molar-refractivity contribution in [2.24, 2.45) is 0 Å². The summed E-state index contributed by atoms with van der Waals surface area (Å²) in [5.41, 5.74) is 7.07. The summed E-state index contributed by atoms with van der Waals surface area (Å²) in [5.74, 6) is 0.731. The van der Waals surface area contributed by atoms with Gasteiger partial charge in [0.05, 0.1) is 18.3 Å².